The maximum Gasteiger partial charge on any atom is 0.123 e. The van der Waals surface area contributed by atoms with Crippen LogP contribution < -0.4 is 0 Å². The molecule has 0 radical (unpaired) electrons. The van der Waals surface area contributed by atoms with Crippen LogP contribution in [0.1, 0.15) is 19.4 Å². The fraction of sp³-hybridized carbons (Fsp3) is 0.385. The van der Waals surface area contributed by atoms with E-state index in [0.717, 1.165) is 12.1 Å². The number of aliphatic hydroxyl groups excluding tert-OH is 1. The van der Waals surface area contributed by atoms with Gasteiger partial charge in [-0.3, -0.25) is 0 Å². The van der Waals surface area contributed by atoms with Gasteiger partial charge in [0.1, 0.15) is 11.0 Å². The molecule has 0 spiro atoms. The Labute approximate surface area is 105 Å². The number of fused-ring (bicyclic) bond motifs is 1. The molecule has 0 amide bonds. The van der Waals surface area contributed by atoms with Crippen LogP contribution in [0, 0.1) is 11.7 Å². The highest BCUT2D eigenvalue weighted by molar-refractivity contribution is 6.32. The van der Waals surface area contributed by atoms with Gasteiger partial charge >= 0.3 is 0 Å². The molecule has 0 atom stereocenters. The third kappa shape index (κ3) is 2.17. The van der Waals surface area contributed by atoms with Crippen molar-refractivity contribution in [3.8, 4) is 0 Å². The van der Waals surface area contributed by atoms with Crippen LogP contribution in [0.4, 0.5) is 4.39 Å². The van der Waals surface area contributed by atoms with Crippen LogP contribution in [-0.4, -0.2) is 9.67 Å². The van der Waals surface area contributed by atoms with Crippen LogP contribution in [0.15, 0.2) is 18.2 Å². The summed E-state index contributed by atoms with van der Waals surface area (Å²) in [5.74, 6) is 0.116. The first-order valence-corrected chi connectivity index (χ1v) is 5.99. The first-order valence-electron chi connectivity index (χ1n) is 5.61. The van der Waals surface area contributed by atoms with E-state index in [1.54, 1.807) is 6.07 Å². The fourth-order valence-corrected chi connectivity index (χ4v) is 2.38. The first kappa shape index (κ1) is 12.4. The minimum absolute atomic E-state index is 0.177. The van der Waals surface area contributed by atoms with E-state index in [1.807, 2.05) is 4.57 Å². The third-order valence-electron chi connectivity index (χ3n) is 2.77. The molecule has 0 aliphatic carbocycles. The highest BCUT2D eigenvalue weighted by atomic mass is 35.5. The van der Waals surface area contributed by atoms with E-state index < -0.39 is 0 Å². The first-order chi connectivity index (χ1) is 8.04. The number of hydrogen-bond acceptors (Lipinski definition) is 1. The number of halogens is 2. The minimum Gasteiger partial charge on any atom is -0.392 e. The van der Waals surface area contributed by atoms with Gasteiger partial charge in [0, 0.05) is 23.0 Å². The smallest absolute Gasteiger partial charge is 0.123 e. The highest BCUT2D eigenvalue weighted by Crippen LogP contribution is 2.31. The van der Waals surface area contributed by atoms with Crippen LogP contribution >= 0.6 is 11.6 Å². The van der Waals surface area contributed by atoms with Crippen molar-refractivity contribution >= 4 is 22.5 Å². The van der Waals surface area contributed by atoms with E-state index in [1.165, 1.54) is 12.1 Å². The van der Waals surface area contributed by atoms with Gasteiger partial charge in [-0.05, 0) is 24.1 Å². The predicted molar refractivity (Wildman–Crippen MR) is 67.7 cm³/mol. The molecule has 0 aliphatic rings. The number of nitrogens with zero attached hydrogens (tertiary/aromatic N) is 1. The zero-order valence-corrected chi connectivity index (χ0v) is 10.6. The molecular weight excluding hydrogens is 241 g/mol. The van der Waals surface area contributed by atoms with Gasteiger partial charge in [0.15, 0.2) is 0 Å². The summed E-state index contributed by atoms with van der Waals surface area (Å²) in [6, 6.07) is 4.54. The second-order valence-electron chi connectivity index (χ2n) is 4.59. The second-order valence-corrected chi connectivity index (χ2v) is 4.95. The monoisotopic (exact) mass is 255 g/mol. The Morgan fingerprint density at radius 3 is 2.71 bits per heavy atom. The Morgan fingerprint density at radius 2 is 2.12 bits per heavy atom. The summed E-state index contributed by atoms with van der Waals surface area (Å²) in [6.45, 7) is 4.75. The molecular formula is C13H15ClFNO. The predicted octanol–water partition coefficient (Wildman–Crippen LogP) is 3.58. The average molecular weight is 256 g/mol. The summed E-state index contributed by atoms with van der Waals surface area (Å²) >= 11 is 6.23. The van der Waals surface area contributed by atoms with Gasteiger partial charge in [0.25, 0.3) is 0 Å². The fourth-order valence-electron chi connectivity index (χ4n) is 2.06. The SMILES string of the molecule is CC(C)Cn1c(Cl)c(CO)c2cc(F)ccc21. The molecule has 4 heteroatoms. The van der Waals surface area contributed by atoms with Gasteiger partial charge in [-0.2, -0.15) is 0 Å². The number of aliphatic hydroxyl groups is 1. The maximum atomic E-state index is 13.2. The zero-order chi connectivity index (χ0) is 12.6. The number of benzene rings is 1. The summed E-state index contributed by atoms with van der Waals surface area (Å²) in [4.78, 5) is 0. The van der Waals surface area contributed by atoms with Crippen LogP contribution in [0.5, 0.6) is 0 Å². The van der Waals surface area contributed by atoms with Gasteiger partial charge in [-0.15, -0.1) is 0 Å². The lowest BCUT2D eigenvalue weighted by atomic mass is 10.2. The molecule has 1 N–H and O–H groups in total. The standard InChI is InChI=1S/C13H15ClFNO/c1-8(2)6-16-12-4-3-9(15)5-10(12)11(7-17)13(16)14/h3-5,8,17H,6-7H2,1-2H3. The molecule has 1 heterocycles. The number of hydrogen-bond donors (Lipinski definition) is 1. The molecule has 0 bridgehead atoms. The molecule has 1 aromatic carbocycles. The Hall–Kier alpha value is -1.06. The molecule has 2 aromatic rings. The van der Waals surface area contributed by atoms with Crippen LogP contribution in [0.25, 0.3) is 10.9 Å². The van der Waals surface area contributed by atoms with Crippen LogP contribution in [0.3, 0.4) is 0 Å². The Morgan fingerprint density at radius 1 is 1.41 bits per heavy atom. The van der Waals surface area contributed by atoms with Gasteiger partial charge in [0.2, 0.25) is 0 Å². The third-order valence-corrected chi connectivity index (χ3v) is 3.20. The van der Waals surface area contributed by atoms with E-state index in [9.17, 15) is 9.50 Å². The normalized spacial score (nSPS) is 11.6. The molecule has 2 rings (SSSR count). The average Bonchev–Trinajstić information content (AvgIpc) is 2.50. The van der Waals surface area contributed by atoms with Crippen molar-refractivity contribution in [2.45, 2.75) is 27.0 Å². The molecule has 0 fully saturated rings. The van der Waals surface area contributed by atoms with Crippen LogP contribution in [0.2, 0.25) is 5.15 Å². The van der Waals surface area contributed by atoms with E-state index in [2.05, 4.69) is 13.8 Å². The summed E-state index contributed by atoms with van der Waals surface area (Å²) in [5, 5.41) is 10.5. The van der Waals surface area contributed by atoms with Crippen molar-refractivity contribution in [1.82, 2.24) is 4.57 Å². The Kier molecular flexibility index (Phi) is 3.40. The van der Waals surface area contributed by atoms with E-state index in [0.29, 0.717) is 22.0 Å². The van der Waals surface area contributed by atoms with Gasteiger partial charge in [-0.1, -0.05) is 25.4 Å². The van der Waals surface area contributed by atoms with Crippen molar-refractivity contribution < 1.29 is 9.50 Å². The molecule has 0 saturated heterocycles. The Bertz CT molecular complexity index is 548. The Balaban J connectivity index is 2.70. The maximum absolute atomic E-state index is 13.2. The summed E-state index contributed by atoms with van der Waals surface area (Å²) in [6.07, 6.45) is 0. The van der Waals surface area contributed by atoms with Gasteiger partial charge < -0.3 is 9.67 Å². The molecule has 0 saturated carbocycles. The van der Waals surface area contributed by atoms with E-state index >= 15 is 0 Å². The lowest BCUT2D eigenvalue weighted by molar-refractivity contribution is 0.283. The summed E-state index contributed by atoms with van der Waals surface area (Å²) < 4.78 is 15.1. The van der Waals surface area contributed by atoms with Crippen molar-refractivity contribution in [2.24, 2.45) is 5.92 Å². The van der Waals surface area contributed by atoms with Crippen LogP contribution in [-0.2, 0) is 13.2 Å². The minimum atomic E-state index is -0.314. The molecule has 92 valence electrons. The molecule has 0 unspecified atom stereocenters. The topological polar surface area (TPSA) is 25.2 Å². The molecule has 2 nitrogen and oxygen atoms in total. The lowest BCUT2D eigenvalue weighted by Crippen LogP contribution is -2.04. The quantitative estimate of drug-likeness (QED) is 0.891. The zero-order valence-electron chi connectivity index (χ0n) is 9.87. The van der Waals surface area contributed by atoms with E-state index in [-0.39, 0.29) is 12.4 Å². The van der Waals surface area contributed by atoms with E-state index in [4.69, 9.17) is 11.6 Å². The van der Waals surface area contributed by atoms with Crippen molar-refractivity contribution in [2.75, 3.05) is 0 Å². The molecule has 0 aliphatic heterocycles. The number of rotatable bonds is 3. The molecule has 17 heavy (non-hydrogen) atoms. The summed E-state index contributed by atoms with van der Waals surface area (Å²) in [5.41, 5.74) is 1.47. The molecule has 1 aromatic heterocycles. The second kappa shape index (κ2) is 4.67. The van der Waals surface area contributed by atoms with Crippen molar-refractivity contribution in [1.29, 1.82) is 0 Å². The van der Waals surface area contributed by atoms with Gasteiger partial charge in [-0.25, -0.2) is 4.39 Å². The number of aromatic nitrogens is 1. The highest BCUT2D eigenvalue weighted by Gasteiger charge is 2.16. The van der Waals surface area contributed by atoms with Crippen molar-refractivity contribution in [3.05, 3.63) is 34.7 Å². The van der Waals surface area contributed by atoms with Gasteiger partial charge in [0.05, 0.1) is 6.61 Å². The summed E-state index contributed by atoms with van der Waals surface area (Å²) in [7, 11) is 0. The lowest BCUT2D eigenvalue weighted by Gasteiger charge is -2.09. The van der Waals surface area contributed by atoms with Crippen molar-refractivity contribution in [3.63, 3.8) is 0 Å². The largest absolute Gasteiger partial charge is 0.392 e.